The summed E-state index contributed by atoms with van der Waals surface area (Å²) in [7, 11) is 0. The van der Waals surface area contributed by atoms with Gasteiger partial charge in [0.2, 0.25) is 5.89 Å². The van der Waals surface area contributed by atoms with Gasteiger partial charge in [0.1, 0.15) is 11.2 Å². The van der Waals surface area contributed by atoms with Crippen LogP contribution in [0.4, 0.5) is 0 Å². The van der Waals surface area contributed by atoms with E-state index in [1.807, 2.05) is 48.7 Å². The summed E-state index contributed by atoms with van der Waals surface area (Å²) >= 11 is 0. The van der Waals surface area contributed by atoms with Crippen molar-refractivity contribution in [2.75, 3.05) is 6.61 Å². The van der Waals surface area contributed by atoms with Crippen LogP contribution in [-0.4, -0.2) is 27.3 Å². The molecule has 0 aliphatic heterocycles. The van der Waals surface area contributed by atoms with Gasteiger partial charge in [0.05, 0.1) is 6.61 Å². The van der Waals surface area contributed by atoms with Crippen molar-refractivity contribution in [1.82, 2.24) is 14.8 Å². The number of ether oxygens (including phenoxy) is 1. The largest absolute Gasteiger partial charge is 0.464 e. The Bertz CT molecular complexity index is 892. The van der Waals surface area contributed by atoms with Crippen molar-refractivity contribution in [3.05, 3.63) is 36.2 Å². The third-order valence-corrected chi connectivity index (χ3v) is 4.19. The molecule has 6 heteroatoms. The monoisotopic (exact) mass is 341 g/mol. The van der Waals surface area contributed by atoms with Gasteiger partial charge in [0, 0.05) is 17.3 Å². The van der Waals surface area contributed by atoms with Gasteiger partial charge in [0.15, 0.2) is 0 Å². The summed E-state index contributed by atoms with van der Waals surface area (Å²) < 4.78 is 13.0. The molecular weight excluding hydrogens is 318 g/mol. The van der Waals surface area contributed by atoms with Crippen LogP contribution in [0.2, 0.25) is 0 Å². The quantitative estimate of drug-likeness (QED) is 0.635. The normalized spacial score (nSPS) is 11.8. The van der Waals surface area contributed by atoms with E-state index >= 15 is 0 Å². The van der Waals surface area contributed by atoms with E-state index < -0.39 is 5.54 Å². The van der Waals surface area contributed by atoms with Gasteiger partial charge in [-0.3, -0.25) is 0 Å². The number of rotatable bonds is 6. The molecule has 3 rings (SSSR count). The molecule has 3 aromatic rings. The van der Waals surface area contributed by atoms with E-state index in [0.717, 1.165) is 23.7 Å². The summed E-state index contributed by atoms with van der Waals surface area (Å²) in [6.07, 6.45) is 1.66. The molecule has 6 nitrogen and oxygen atoms in total. The Morgan fingerprint density at radius 2 is 2.00 bits per heavy atom. The lowest BCUT2D eigenvalue weighted by molar-refractivity contribution is -0.151. The molecule has 0 aliphatic rings. The van der Waals surface area contributed by atoms with Gasteiger partial charge in [0.25, 0.3) is 5.89 Å². The number of carbonyl (C=O) groups is 1. The molecule has 0 bridgehead atoms. The standard InChI is InChI=1S/C19H23N3O3/c1-5-9-16-20-21-17(25-16)15-12-13-10-7-8-11-14(13)22(15)19(3,4)18(23)24-6-2/h7-8,10-12H,5-6,9H2,1-4H3. The molecular formula is C19H23N3O3. The highest BCUT2D eigenvalue weighted by Crippen LogP contribution is 2.34. The van der Waals surface area contributed by atoms with Crippen molar-refractivity contribution < 1.29 is 13.9 Å². The van der Waals surface area contributed by atoms with Crippen molar-refractivity contribution in [2.45, 2.75) is 46.1 Å². The van der Waals surface area contributed by atoms with Gasteiger partial charge in [-0.1, -0.05) is 25.1 Å². The molecule has 2 heterocycles. The highest BCUT2D eigenvalue weighted by molar-refractivity contribution is 5.89. The zero-order chi connectivity index (χ0) is 18.0. The van der Waals surface area contributed by atoms with E-state index in [-0.39, 0.29) is 5.97 Å². The van der Waals surface area contributed by atoms with Crippen molar-refractivity contribution in [3.8, 4) is 11.6 Å². The minimum absolute atomic E-state index is 0.300. The molecule has 1 aromatic carbocycles. The highest BCUT2D eigenvalue weighted by atomic mass is 16.5. The molecule has 0 fully saturated rings. The molecule has 0 aliphatic carbocycles. The third kappa shape index (κ3) is 3.04. The first-order valence-electron chi connectivity index (χ1n) is 8.60. The molecule has 0 saturated heterocycles. The Labute approximate surface area is 146 Å². The first kappa shape index (κ1) is 17.2. The molecule has 0 N–H and O–H groups in total. The average Bonchev–Trinajstić information content (AvgIpc) is 3.19. The van der Waals surface area contributed by atoms with Crippen LogP contribution in [0.1, 0.15) is 40.0 Å². The lowest BCUT2D eigenvalue weighted by atomic mass is 10.0. The van der Waals surface area contributed by atoms with Crippen molar-refractivity contribution >= 4 is 16.9 Å². The Morgan fingerprint density at radius 1 is 1.24 bits per heavy atom. The van der Waals surface area contributed by atoms with Gasteiger partial charge >= 0.3 is 5.97 Å². The molecule has 0 spiro atoms. The summed E-state index contributed by atoms with van der Waals surface area (Å²) in [5, 5.41) is 9.31. The fourth-order valence-corrected chi connectivity index (χ4v) is 2.99. The van der Waals surface area contributed by atoms with Crippen molar-refractivity contribution in [1.29, 1.82) is 0 Å². The summed E-state index contributed by atoms with van der Waals surface area (Å²) in [4.78, 5) is 12.6. The maximum absolute atomic E-state index is 12.6. The predicted molar refractivity (Wildman–Crippen MR) is 95.2 cm³/mol. The van der Waals surface area contributed by atoms with Crippen LogP contribution in [0.3, 0.4) is 0 Å². The molecule has 0 radical (unpaired) electrons. The maximum atomic E-state index is 12.6. The maximum Gasteiger partial charge on any atom is 0.331 e. The minimum Gasteiger partial charge on any atom is -0.464 e. The molecule has 0 atom stereocenters. The highest BCUT2D eigenvalue weighted by Gasteiger charge is 2.35. The van der Waals surface area contributed by atoms with Crippen LogP contribution in [0.15, 0.2) is 34.7 Å². The lowest BCUT2D eigenvalue weighted by Gasteiger charge is -2.27. The van der Waals surface area contributed by atoms with Crippen LogP contribution >= 0.6 is 0 Å². The fraction of sp³-hybridized carbons (Fsp3) is 0.421. The minimum atomic E-state index is -0.909. The number of para-hydroxylation sites is 1. The summed E-state index contributed by atoms with van der Waals surface area (Å²) in [5.74, 6) is 0.714. The number of esters is 1. The van der Waals surface area contributed by atoms with Gasteiger partial charge in [-0.15, -0.1) is 10.2 Å². The lowest BCUT2D eigenvalue weighted by Crippen LogP contribution is -2.37. The Kier molecular flexibility index (Phi) is 4.61. The van der Waals surface area contributed by atoms with Crippen LogP contribution in [0, 0.1) is 0 Å². The number of hydrogen-bond donors (Lipinski definition) is 0. The number of hydrogen-bond acceptors (Lipinski definition) is 5. The Hall–Kier alpha value is -2.63. The summed E-state index contributed by atoms with van der Waals surface area (Å²) in [6.45, 7) is 7.87. The predicted octanol–water partition coefficient (Wildman–Crippen LogP) is 3.94. The molecule has 132 valence electrons. The number of nitrogens with zero attached hydrogens (tertiary/aromatic N) is 3. The fourth-order valence-electron chi connectivity index (χ4n) is 2.99. The number of fused-ring (bicyclic) bond motifs is 1. The number of aryl methyl sites for hydroxylation is 1. The molecule has 0 saturated carbocycles. The third-order valence-electron chi connectivity index (χ3n) is 4.19. The van der Waals surface area contributed by atoms with Crippen LogP contribution in [0.5, 0.6) is 0 Å². The van der Waals surface area contributed by atoms with Crippen molar-refractivity contribution in [2.24, 2.45) is 0 Å². The molecule has 2 aromatic heterocycles. The second-order valence-corrected chi connectivity index (χ2v) is 6.45. The topological polar surface area (TPSA) is 70.2 Å². The smallest absolute Gasteiger partial charge is 0.331 e. The van der Waals surface area contributed by atoms with E-state index in [4.69, 9.17) is 9.15 Å². The summed E-state index contributed by atoms with van der Waals surface area (Å²) in [5.41, 5.74) is 0.730. The van der Waals surface area contributed by atoms with Gasteiger partial charge in [-0.2, -0.15) is 0 Å². The Balaban J connectivity index is 2.19. The van der Waals surface area contributed by atoms with Gasteiger partial charge in [-0.25, -0.2) is 4.79 Å². The van der Waals surface area contributed by atoms with Crippen LogP contribution < -0.4 is 0 Å². The number of carbonyl (C=O) groups excluding carboxylic acids is 1. The molecule has 0 unspecified atom stereocenters. The molecule has 0 amide bonds. The molecule has 25 heavy (non-hydrogen) atoms. The van der Waals surface area contributed by atoms with E-state index in [2.05, 4.69) is 17.1 Å². The average molecular weight is 341 g/mol. The summed E-state index contributed by atoms with van der Waals surface area (Å²) in [6, 6.07) is 9.85. The van der Waals surface area contributed by atoms with Crippen molar-refractivity contribution in [3.63, 3.8) is 0 Å². The first-order chi connectivity index (χ1) is 12.0. The van der Waals surface area contributed by atoms with Gasteiger partial charge < -0.3 is 13.7 Å². The Morgan fingerprint density at radius 3 is 2.72 bits per heavy atom. The van der Waals surface area contributed by atoms with Crippen LogP contribution in [0.25, 0.3) is 22.5 Å². The second-order valence-electron chi connectivity index (χ2n) is 6.45. The van der Waals surface area contributed by atoms with Gasteiger partial charge in [-0.05, 0) is 39.3 Å². The van der Waals surface area contributed by atoms with E-state index in [1.54, 1.807) is 6.92 Å². The van der Waals surface area contributed by atoms with Crippen LogP contribution in [-0.2, 0) is 21.5 Å². The van der Waals surface area contributed by atoms with E-state index in [0.29, 0.717) is 24.1 Å². The SMILES string of the molecule is CCCc1nnc(-c2cc3ccccc3n2C(C)(C)C(=O)OCC)o1. The first-order valence-corrected chi connectivity index (χ1v) is 8.60. The number of benzene rings is 1. The zero-order valence-electron chi connectivity index (χ0n) is 15.1. The van der Waals surface area contributed by atoms with E-state index in [1.165, 1.54) is 0 Å². The second kappa shape index (κ2) is 6.70. The zero-order valence-corrected chi connectivity index (χ0v) is 15.1. The number of aromatic nitrogens is 3. The van der Waals surface area contributed by atoms with E-state index in [9.17, 15) is 4.79 Å².